The summed E-state index contributed by atoms with van der Waals surface area (Å²) in [5.74, 6) is -2.02. The van der Waals surface area contributed by atoms with Gasteiger partial charge < -0.3 is 19.8 Å². The van der Waals surface area contributed by atoms with Crippen LogP contribution in [-0.2, 0) is 6.61 Å². The number of nitrogens with zero attached hydrogens (tertiary/aromatic N) is 2. The molecule has 0 spiro atoms. The number of piperidine rings is 1. The lowest BCUT2D eigenvalue weighted by atomic mass is 9.74. The fraction of sp³-hybridized carbons (Fsp3) is 0.464. The Balaban J connectivity index is 1.35. The van der Waals surface area contributed by atoms with E-state index in [1.807, 2.05) is 0 Å². The number of ether oxygens (including phenoxy) is 1. The summed E-state index contributed by atoms with van der Waals surface area (Å²) in [6.07, 6.45) is 2.14. The number of fused-ring (bicyclic) bond motifs is 1. The third-order valence-corrected chi connectivity index (χ3v) is 8.48. The van der Waals surface area contributed by atoms with Crippen LogP contribution in [0, 0.1) is 22.9 Å². The summed E-state index contributed by atoms with van der Waals surface area (Å²) >= 11 is 1.06. The molecule has 0 radical (unpaired) electrons. The van der Waals surface area contributed by atoms with Crippen molar-refractivity contribution in [2.75, 3.05) is 39.1 Å². The fourth-order valence-corrected chi connectivity index (χ4v) is 6.08. The van der Waals surface area contributed by atoms with Gasteiger partial charge in [0, 0.05) is 52.6 Å². The highest BCUT2D eigenvalue weighted by Crippen LogP contribution is 2.41. The van der Waals surface area contributed by atoms with Crippen LogP contribution in [0.15, 0.2) is 41.4 Å². The molecule has 1 aliphatic heterocycles. The standard InChI is InChI=1S/C28H32F4N2O3S/c1-37-20-2-3-24-21(14-20)26(18(16-35)15-33-24)22(30)4-5-28(17-36)6-8-34(9-7-28)10-11-38-25-13-19(29)12-23(31)27(25)32/h2-3,12-15,22,35-36H,4-11,16-17H2,1H3/t22-/m1/s1. The number of pyridine rings is 1. The van der Waals surface area contributed by atoms with Crippen molar-refractivity contribution in [2.45, 2.75) is 43.4 Å². The second kappa shape index (κ2) is 12.6. The Hall–Kier alpha value is -2.40. The first-order valence-corrected chi connectivity index (χ1v) is 13.6. The maximum atomic E-state index is 15.7. The molecule has 38 heavy (non-hydrogen) atoms. The molecule has 10 heteroatoms. The van der Waals surface area contributed by atoms with E-state index in [-0.39, 0.29) is 24.5 Å². The molecule has 0 unspecified atom stereocenters. The van der Waals surface area contributed by atoms with E-state index >= 15 is 4.39 Å². The zero-order chi connectivity index (χ0) is 27.3. The molecule has 0 aliphatic carbocycles. The molecule has 2 aromatic carbocycles. The number of hydrogen-bond acceptors (Lipinski definition) is 6. The number of aromatic nitrogens is 1. The highest BCUT2D eigenvalue weighted by atomic mass is 32.2. The molecular weight excluding hydrogens is 520 g/mol. The number of methoxy groups -OCH3 is 1. The van der Waals surface area contributed by atoms with Gasteiger partial charge in [-0.2, -0.15) is 0 Å². The maximum absolute atomic E-state index is 15.7. The van der Waals surface area contributed by atoms with Gasteiger partial charge in [0.15, 0.2) is 11.6 Å². The highest BCUT2D eigenvalue weighted by Gasteiger charge is 2.35. The summed E-state index contributed by atoms with van der Waals surface area (Å²) in [7, 11) is 1.53. The zero-order valence-electron chi connectivity index (χ0n) is 21.2. The number of benzene rings is 2. The van der Waals surface area contributed by atoms with Crippen LogP contribution in [0.2, 0.25) is 0 Å². The molecule has 3 aromatic rings. The number of likely N-dealkylation sites (tertiary alicyclic amines) is 1. The minimum absolute atomic E-state index is 0.0540. The molecule has 5 nitrogen and oxygen atoms in total. The number of halogens is 4. The van der Waals surface area contributed by atoms with E-state index < -0.39 is 29.0 Å². The SMILES string of the molecule is COc1ccc2ncc(CO)c([C@H](F)CCC3(CO)CCN(CCSc4cc(F)cc(F)c4F)CC3)c2c1. The van der Waals surface area contributed by atoms with Crippen molar-refractivity contribution in [3.8, 4) is 5.75 Å². The number of thioether (sulfide) groups is 1. The second-order valence-electron chi connectivity index (χ2n) is 9.79. The lowest BCUT2D eigenvalue weighted by Crippen LogP contribution is -2.42. The molecule has 0 bridgehead atoms. The molecular formula is C28H32F4N2O3S. The van der Waals surface area contributed by atoms with Crippen LogP contribution >= 0.6 is 11.8 Å². The predicted octanol–water partition coefficient (Wildman–Crippen LogP) is 5.81. The van der Waals surface area contributed by atoms with E-state index in [1.165, 1.54) is 13.3 Å². The van der Waals surface area contributed by atoms with Crippen molar-refractivity contribution in [3.05, 3.63) is 65.1 Å². The van der Waals surface area contributed by atoms with Crippen LogP contribution in [0.1, 0.15) is 43.0 Å². The van der Waals surface area contributed by atoms with E-state index in [0.29, 0.717) is 78.5 Å². The fourth-order valence-electron chi connectivity index (χ4n) is 5.09. The van der Waals surface area contributed by atoms with Crippen molar-refractivity contribution in [1.29, 1.82) is 0 Å². The lowest BCUT2D eigenvalue weighted by Gasteiger charge is -2.41. The van der Waals surface area contributed by atoms with Gasteiger partial charge in [0.2, 0.25) is 0 Å². The number of hydrogen-bond donors (Lipinski definition) is 2. The molecule has 1 aromatic heterocycles. The van der Waals surface area contributed by atoms with Gasteiger partial charge in [-0.25, -0.2) is 17.6 Å². The second-order valence-corrected chi connectivity index (χ2v) is 10.9. The topological polar surface area (TPSA) is 65.8 Å². The molecule has 4 rings (SSSR count). The van der Waals surface area contributed by atoms with E-state index in [9.17, 15) is 23.4 Å². The van der Waals surface area contributed by atoms with Crippen LogP contribution in [0.3, 0.4) is 0 Å². The van der Waals surface area contributed by atoms with Gasteiger partial charge >= 0.3 is 0 Å². The first kappa shape index (κ1) is 28.6. The Morgan fingerprint density at radius 1 is 1.13 bits per heavy atom. The van der Waals surface area contributed by atoms with Crippen molar-refractivity contribution in [3.63, 3.8) is 0 Å². The van der Waals surface area contributed by atoms with Crippen LogP contribution in [0.25, 0.3) is 10.9 Å². The Kier molecular flexibility index (Phi) is 9.51. The maximum Gasteiger partial charge on any atom is 0.172 e. The third-order valence-electron chi connectivity index (χ3n) is 7.49. The number of aliphatic hydroxyl groups excluding tert-OH is 2. The highest BCUT2D eigenvalue weighted by molar-refractivity contribution is 7.99. The molecule has 0 saturated carbocycles. The minimum atomic E-state index is -1.35. The van der Waals surface area contributed by atoms with Crippen LogP contribution in [-0.4, -0.2) is 59.2 Å². The normalized spacial score (nSPS) is 16.6. The largest absolute Gasteiger partial charge is 0.497 e. The average Bonchev–Trinajstić information content (AvgIpc) is 2.94. The van der Waals surface area contributed by atoms with Crippen LogP contribution in [0.4, 0.5) is 17.6 Å². The van der Waals surface area contributed by atoms with Gasteiger partial charge in [-0.3, -0.25) is 4.98 Å². The molecule has 1 aliphatic rings. The molecule has 1 saturated heterocycles. The van der Waals surface area contributed by atoms with E-state index in [1.54, 1.807) is 18.2 Å². The predicted molar refractivity (Wildman–Crippen MR) is 140 cm³/mol. The average molecular weight is 553 g/mol. The van der Waals surface area contributed by atoms with Gasteiger partial charge in [-0.1, -0.05) is 0 Å². The first-order chi connectivity index (χ1) is 18.3. The lowest BCUT2D eigenvalue weighted by molar-refractivity contribution is 0.0322. The van der Waals surface area contributed by atoms with Gasteiger partial charge in [0.25, 0.3) is 0 Å². The molecule has 0 amide bonds. The van der Waals surface area contributed by atoms with Crippen LogP contribution in [0.5, 0.6) is 5.75 Å². The molecule has 2 N–H and O–H groups in total. The number of alkyl halides is 1. The van der Waals surface area contributed by atoms with Gasteiger partial charge in [0.1, 0.15) is 17.7 Å². The monoisotopic (exact) mass is 552 g/mol. The summed E-state index contributed by atoms with van der Waals surface area (Å²) in [4.78, 5) is 6.43. The molecule has 1 fully saturated rings. The summed E-state index contributed by atoms with van der Waals surface area (Å²) < 4.78 is 61.8. The van der Waals surface area contributed by atoms with E-state index in [4.69, 9.17) is 4.74 Å². The quantitative estimate of drug-likeness (QED) is 0.178. The van der Waals surface area contributed by atoms with Gasteiger partial charge in [-0.15, -0.1) is 11.8 Å². The van der Waals surface area contributed by atoms with E-state index in [0.717, 1.165) is 17.8 Å². The molecule has 1 atom stereocenters. The summed E-state index contributed by atoms with van der Waals surface area (Å²) in [5, 5.41) is 20.7. The van der Waals surface area contributed by atoms with Gasteiger partial charge in [0.05, 0.1) is 19.2 Å². The van der Waals surface area contributed by atoms with Crippen molar-refractivity contribution in [2.24, 2.45) is 5.41 Å². The Morgan fingerprint density at radius 3 is 2.58 bits per heavy atom. The minimum Gasteiger partial charge on any atom is -0.497 e. The number of aliphatic hydroxyl groups is 2. The Labute approximate surface area is 223 Å². The number of rotatable bonds is 11. The summed E-state index contributed by atoms with van der Waals surface area (Å²) in [6, 6.07) is 6.76. The van der Waals surface area contributed by atoms with Crippen LogP contribution < -0.4 is 4.74 Å². The molecule has 206 valence electrons. The molecule has 2 heterocycles. The summed E-state index contributed by atoms with van der Waals surface area (Å²) in [6.45, 7) is 1.55. The summed E-state index contributed by atoms with van der Waals surface area (Å²) in [5.41, 5.74) is 1.02. The van der Waals surface area contributed by atoms with Gasteiger partial charge in [-0.05, 0) is 68.5 Å². The zero-order valence-corrected chi connectivity index (χ0v) is 22.0. The smallest absolute Gasteiger partial charge is 0.172 e. The Bertz CT molecular complexity index is 1250. The van der Waals surface area contributed by atoms with Crippen molar-refractivity contribution < 1.29 is 32.5 Å². The van der Waals surface area contributed by atoms with Crippen molar-refractivity contribution >= 4 is 22.7 Å². The van der Waals surface area contributed by atoms with E-state index in [2.05, 4.69) is 9.88 Å². The third kappa shape index (κ3) is 6.42. The van der Waals surface area contributed by atoms with Crippen molar-refractivity contribution in [1.82, 2.24) is 9.88 Å². The first-order valence-electron chi connectivity index (χ1n) is 12.6. The Morgan fingerprint density at radius 2 is 1.89 bits per heavy atom.